The third-order valence-electron chi connectivity index (χ3n) is 3.18. The van der Waals surface area contributed by atoms with Crippen LogP contribution in [0.15, 0.2) is 18.2 Å². The zero-order valence-electron chi connectivity index (χ0n) is 11.4. The van der Waals surface area contributed by atoms with Gasteiger partial charge in [-0.3, -0.25) is 4.79 Å². The molecule has 0 saturated carbocycles. The van der Waals surface area contributed by atoms with Gasteiger partial charge in [0.1, 0.15) is 5.82 Å². The fourth-order valence-corrected chi connectivity index (χ4v) is 2.14. The van der Waals surface area contributed by atoms with Gasteiger partial charge in [-0.2, -0.15) is 13.2 Å². The number of carbonyl (C=O) groups is 1. The SMILES string of the molecule is CCC(CCCl)CNC(=O)c1ccc(F)c(C(F)(F)F)c1. The lowest BCUT2D eigenvalue weighted by atomic mass is 10.0. The molecule has 0 bridgehead atoms. The van der Waals surface area contributed by atoms with Crippen LogP contribution in [0.5, 0.6) is 0 Å². The van der Waals surface area contributed by atoms with Gasteiger partial charge in [-0.15, -0.1) is 11.6 Å². The van der Waals surface area contributed by atoms with Crippen LogP contribution < -0.4 is 5.32 Å². The van der Waals surface area contributed by atoms with Crippen molar-refractivity contribution in [2.75, 3.05) is 12.4 Å². The molecule has 1 aromatic rings. The largest absolute Gasteiger partial charge is 0.419 e. The minimum Gasteiger partial charge on any atom is -0.352 e. The number of benzene rings is 1. The molecule has 0 saturated heterocycles. The topological polar surface area (TPSA) is 29.1 Å². The number of hydrogen-bond donors (Lipinski definition) is 1. The average molecular weight is 326 g/mol. The minimum absolute atomic E-state index is 0.161. The fraction of sp³-hybridized carbons (Fsp3) is 0.500. The Morgan fingerprint density at radius 2 is 2.05 bits per heavy atom. The highest BCUT2D eigenvalue weighted by Gasteiger charge is 2.34. The molecule has 118 valence electrons. The van der Waals surface area contributed by atoms with E-state index in [0.29, 0.717) is 31.0 Å². The van der Waals surface area contributed by atoms with E-state index in [9.17, 15) is 22.4 Å². The molecule has 0 spiro atoms. The van der Waals surface area contributed by atoms with E-state index in [1.165, 1.54) is 0 Å². The zero-order valence-corrected chi connectivity index (χ0v) is 12.2. The van der Waals surface area contributed by atoms with E-state index in [-0.39, 0.29) is 11.5 Å². The summed E-state index contributed by atoms with van der Waals surface area (Å²) in [6.07, 6.45) is -3.33. The Morgan fingerprint density at radius 1 is 1.38 bits per heavy atom. The van der Waals surface area contributed by atoms with Crippen LogP contribution in [0.1, 0.15) is 35.7 Å². The second-order valence-corrected chi connectivity index (χ2v) is 5.03. The van der Waals surface area contributed by atoms with E-state index in [2.05, 4.69) is 5.32 Å². The van der Waals surface area contributed by atoms with Crippen molar-refractivity contribution in [2.45, 2.75) is 25.9 Å². The van der Waals surface area contributed by atoms with E-state index in [4.69, 9.17) is 11.6 Å². The standard InChI is InChI=1S/C14H16ClF4NO/c1-2-9(5-6-15)8-20-13(21)10-3-4-12(16)11(7-10)14(17,18)19/h3-4,7,9H,2,5-6,8H2,1H3,(H,20,21). The van der Waals surface area contributed by atoms with Gasteiger partial charge in [0.25, 0.3) is 5.91 Å². The first-order chi connectivity index (χ1) is 9.79. The maximum absolute atomic E-state index is 13.1. The monoisotopic (exact) mass is 325 g/mol. The Hall–Kier alpha value is -1.30. The number of alkyl halides is 4. The van der Waals surface area contributed by atoms with Gasteiger partial charge in [-0.25, -0.2) is 4.39 Å². The molecule has 1 unspecified atom stereocenters. The zero-order chi connectivity index (χ0) is 16.0. The second kappa shape index (κ2) is 7.64. The Morgan fingerprint density at radius 3 is 2.57 bits per heavy atom. The highest BCUT2D eigenvalue weighted by molar-refractivity contribution is 6.17. The van der Waals surface area contributed by atoms with Crippen molar-refractivity contribution < 1.29 is 22.4 Å². The first-order valence-corrected chi connectivity index (χ1v) is 7.04. The van der Waals surface area contributed by atoms with E-state index in [0.717, 1.165) is 12.5 Å². The maximum atomic E-state index is 13.1. The summed E-state index contributed by atoms with van der Waals surface area (Å²) in [5.41, 5.74) is -1.66. The van der Waals surface area contributed by atoms with Gasteiger partial charge < -0.3 is 5.32 Å². The lowest BCUT2D eigenvalue weighted by molar-refractivity contribution is -0.140. The summed E-state index contributed by atoms with van der Waals surface area (Å²) in [5, 5.41) is 2.55. The molecule has 0 aromatic heterocycles. The summed E-state index contributed by atoms with van der Waals surface area (Å²) in [4.78, 5) is 11.8. The average Bonchev–Trinajstić information content (AvgIpc) is 2.42. The number of nitrogens with one attached hydrogen (secondary N) is 1. The highest BCUT2D eigenvalue weighted by Crippen LogP contribution is 2.31. The first kappa shape index (κ1) is 17.8. The molecular weight excluding hydrogens is 310 g/mol. The molecule has 21 heavy (non-hydrogen) atoms. The minimum atomic E-state index is -4.83. The molecule has 2 nitrogen and oxygen atoms in total. The van der Waals surface area contributed by atoms with E-state index >= 15 is 0 Å². The smallest absolute Gasteiger partial charge is 0.352 e. The molecule has 1 atom stereocenters. The van der Waals surface area contributed by atoms with Crippen LogP contribution in [-0.4, -0.2) is 18.3 Å². The normalized spacial score (nSPS) is 13.0. The maximum Gasteiger partial charge on any atom is 0.419 e. The molecule has 1 N–H and O–H groups in total. The molecule has 0 fully saturated rings. The van der Waals surface area contributed by atoms with Crippen molar-refractivity contribution in [2.24, 2.45) is 5.92 Å². The summed E-state index contributed by atoms with van der Waals surface area (Å²) in [7, 11) is 0. The van der Waals surface area contributed by atoms with Gasteiger partial charge in [-0.1, -0.05) is 13.3 Å². The Bertz CT molecular complexity index is 490. The predicted octanol–water partition coefficient (Wildman–Crippen LogP) is 4.23. The van der Waals surface area contributed by atoms with Crippen molar-refractivity contribution in [1.82, 2.24) is 5.32 Å². The van der Waals surface area contributed by atoms with Crippen LogP contribution in [0.3, 0.4) is 0 Å². The summed E-state index contributed by atoms with van der Waals surface area (Å²) in [6, 6.07) is 2.20. The Labute approximate surface area is 125 Å². The number of carbonyl (C=O) groups excluding carboxylic acids is 1. The number of halogens is 5. The molecular formula is C14H16ClF4NO. The third-order valence-corrected chi connectivity index (χ3v) is 3.40. The fourth-order valence-electron chi connectivity index (χ4n) is 1.83. The molecule has 1 rings (SSSR count). The first-order valence-electron chi connectivity index (χ1n) is 6.50. The molecule has 0 aliphatic carbocycles. The molecule has 1 amide bonds. The number of hydrogen-bond acceptors (Lipinski definition) is 1. The lowest BCUT2D eigenvalue weighted by Gasteiger charge is -2.15. The van der Waals surface area contributed by atoms with Crippen molar-refractivity contribution in [3.8, 4) is 0 Å². The van der Waals surface area contributed by atoms with Gasteiger partial charge in [0.15, 0.2) is 0 Å². The van der Waals surface area contributed by atoms with Gasteiger partial charge in [0.2, 0.25) is 0 Å². The summed E-state index contributed by atoms with van der Waals surface area (Å²) in [5.74, 6) is -1.45. The third kappa shape index (κ3) is 5.19. The van der Waals surface area contributed by atoms with E-state index in [1.807, 2.05) is 6.92 Å². The Balaban J connectivity index is 2.79. The van der Waals surface area contributed by atoms with E-state index in [1.54, 1.807) is 0 Å². The van der Waals surface area contributed by atoms with Crippen LogP contribution in [0.2, 0.25) is 0 Å². The highest BCUT2D eigenvalue weighted by atomic mass is 35.5. The summed E-state index contributed by atoms with van der Waals surface area (Å²) in [6.45, 7) is 2.25. The number of rotatable bonds is 6. The van der Waals surface area contributed by atoms with Crippen LogP contribution >= 0.6 is 11.6 Å². The summed E-state index contributed by atoms with van der Waals surface area (Å²) < 4.78 is 50.9. The molecule has 0 heterocycles. The van der Waals surface area contributed by atoms with E-state index < -0.39 is 23.5 Å². The van der Waals surface area contributed by atoms with Crippen molar-refractivity contribution in [1.29, 1.82) is 0 Å². The van der Waals surface area contributed by atoms with Crippen molar-refractivity contribution in [3.63, 3.8) is 0 Å². The molecule has 1 aromatic carbocycles. The lowest BCUT2D eigenvalue weighted by Crippen LogP contribution is -2.29. The van der Waals surface area contributed by atoms with Crippen molar-refractivity contribution in [3.05, 3.63) is 35.1 Å². The van der Waals surface area contributed by atoms with Gasteiger partial charge in [0.05, 0.1) is 5.56 Å². The predicted molar refractivity (Wildman–Crippen MR) is 72.9 cm³/mol. The summed E-state index contributed by atoms with van der Waals surface area (Å²) >= 11 is 5.62. The van der Waals surface area contributed by atoms with Crippen LogP contribution in [0.4, 0.5) is 17.6 Å². The van der Waals surface area contributed by atoms with Crippen LogP contribution in [0.25, 0.3) is 0 Å². The van der Waals surface area contributed by atoms with Gasteiger partial charge >= 0.3 is 6.18 Å². The van der Waals surface area contributed by atoms with Crippen LogP contribution in [0, 0.1) is 11.7 Å². The van der Waals surface area contributed by atoms with Gasteiger partial charge in [0, 0.05) is 18.0 Å². The Kier molecular flexibility index (Phi) is 6.45. The molecule has 7 heteroatoms. The van der Waals surface area contributed by atoms with Gasteiger partial charge in [-0.05, 0) is 30.5 Å². The van der Waals surface area contributed by atoms with Crippen molar-refractivity contribution >= 4 is 17.5 Å². The molecule has 0 radical (unpaired) electrons. The second-order valence-electron chi connectivity index (χ2n) is 4.65. The quantitative estimate of drug-likeness (QED) is 0.615. The van der Waals surface area contributed by atoms with Crippen LogP contribution in [-0.2, 0) is 6.18 Å². The molecule has 0 aliphatic heterocycles. The number of amides is 1. The molecule has 0 aliphatic rings.